The molecule has 1 aliphatic rings. The van der Waals surface area contributed by atoms with Crippen LogP contribution in [-0.4, -0.2) is 43.7 Å². The fraction of sp³-hybridized carbons (Fsp3) is 0.462. The number of rotatable bonds is 6. The van der Waals surface area contributed by atoms with Gasteiger partial charge in [0.15, 0.2) is 0 Å². The third-order valence-electron chi connectivity index (χ3n) is 3.46. The summed E-state index contributed by atoms with van der Waals surface area (Å²) in [6.07, 6.45) is 1.31. The second-order valence-electron chi connectivity index (χ2n) is 4.69. The summed E-state index contributed by atoms with van der Waals surface area (Å²) in [7, 11) is 1.60. The summed E-state index contributed by atoms with van der Waals surface area (Å²) >= 11 is 0. The van der Waals surface area contributed by atoms with Gasteiger partial charge in [-0.1, -0.05) is 0 Å². The molecule has 1 aliphatic heterocycles. The Morgan fingerprint density at radius 2 is 2.40 bits per heavy atom. The molecular formula is C13H16N2O5. The van der Waals surface area contributed by atoms with Gasteiger partial charge >= 0.3 is 0 Å². The van der Waals surface area contributed by atoms with Crippen LogP contribution in [0.25, 0.3) is 0 Å². The maximum atomic E-state index is 11.0. The Bertz CT molecular complexity index is 511. The van der Waals surface area contributed by atoms with Crippen molar-refractivity contribution >= 4 is 17.7 Å². The first-order valence-corrected chi connectivity index (χ1v) is 6.21. The van der Waals surface area contributed by atoms with E-state index >= 15 is 0 Å². The summed E-state index contributed by atoms with van der Waals surface area (Å²) in [5, 5.41) is 14.0. The van der Waals surface area contributed by atoms with Gasteiger partial charge in [-0.05, 0) is 12.1 Å². The number of nitrogens with zero attached hydrogens (tertiary/aromatic N) is 1. The number of ether oxygens (including phenoxy) is 2. The summed E-state index contributed by atoms with van der Waals surface area (Å²) in [5.74, 6) is 0. The Kier molecular flexibility index (Phi) is 4.31. The molecule has 0 spiro atoms. The zero-order valence-corrected chi connectivity index (χ0v) is 11.1. The minimum atomic E-state index is -0.514. The highest BCUT2D eigenvalue weighted by Gasteiger charge is 2.35. The largest absolute Gasteiger partial charge is 0.378 e. The number of nitro benzene ring substituents is 1. The van der Waals surface area contributed by atoms with Crippen molar-refractivity contribution in [1.29, 1.82) is 0 Å². The Balaban J connectivity index is 2.16. The maximum absolute atomic E-state index is 11.0. The average molecular weight is 280 g/mol. The van der Waals surface area contributed by atoms with Crippen molar-refractivity contribution in [3.63, 3.8) is 0 Å². The molecule has 1 aromatic carbocycles. The van der Waals surface area contributed by atoms with E-state index in [0.29, 0.717) is 31.7 Å². The highest BCUT2D eigenvalue weighted by atomic mass is 16.6. The number of methoxy groups -OCH3 is 1. The number of aldehydes is 1. The van der Waals surface area contributed by atoms with Crippen LogP contribution in [0.5, 0.6) is 0 Å². The smallest absolute Gasteiger partial charge is 0.293 e. The van der Waals surface area contributed by atoms with Crippen LogP contribution in [0.4, 0.5) is 11.4 Å². The standard InChI is InChI=1S/C13H16N2O5/c1-19-13(4-5-20-9-13)8-14-11-3-2-10(7-16)6-12(11)15(17)18/h2-3,6-7,14H,4-5,8-9H2,1H3. The lowest BCUT2D eigenvalue weighted by Gasteiger charge is -2.26. The van der Waals surface area contributed by atoms with Crippen molar-refractivity contribution in [2.24, 2.45) is 0 Å². The molecule has 7 heteroatoms. The number of carbonyl (C=O) groups is 1. The van der Waals surface area contributed by atoms with Crippen molar-refractivity contribution in [2.75, 3.05) is 32.2 Å². The third kappa shape index (κ3) is 2.94. The third-order valence-corrected chi connectivity index (χ3v) is 3.46. The number of anilines is 1. The SMILES string of the molecule is COC1(CNc2ccc(C=O)cc2[N+](=O)[O-])CCOC1. The molecule has 108 valence electrons. The van der Waals surface area contributed by atoms with Crippen molar-refractivity contribution in [2.45, 2.75) is 12.0 Å². The van der Waals surface area contributed by atoms with Gasteiger partial charge in [-0.2, -0.15) is 0 Å². The Morgan fingerprint density at radius 3 is 2.95 bits per heavy atom. The number of nitro groups is 1. The highest BCUT2D eigenvalue weighted by molar-refractivity contribution is 5.79. The van der Waals surface area contributed by atoms with Crippen LogP contribution in [0.3, 0.4) is 0 Å². The molecule has 1 unspecified atom stereocenters. The van der Waals surface area contributed by atoms with E-state index in [9.17, 15) is 14.9 Å². The molecule has 1 atom stereocenters. The van der Waals surface area contributed by atoms with Gasteiger partial charge in [0, 0.05) is 38.3 Å². The lowest BCUT2D eigenvalue weighted by Crippen LogP contribution is -2.39. The first-order valence-electron chi connectivity index (χ1n) is 6.21. The van der Waals surface area contributed by atoms with E-state index in [4.69, 9.17) is 9.47 Å². The molecule has 0 amide bonds. The second-order valence-corrected chi connectivity index (χ2v) is 4.69. The molecule has 7 nitrogen and oxygen atoms in total. The molecule has 0 aliphatic carbocycles. The molecule has 0 bridgehead atoms. The molecule has 1 aromatic rings. The predicted octanol–water partition coefficient (Wildman–Crippen LogP) is 1.62. The van der Waals surface area contributed by atoms with Gasteiger partial charge in [0.25, 0.3) is 5.69 Å². The van der Waals surface area contributed by atoms with E-state index in [0.717, 1.165) is 6.42 Å². The Hall–Kier alpha value is -1.99. The molecule has 20 heavy (non-hydrogen) atoms. The van der Waals surface area contributed by atoms with Crippen molar-refractivity contribution in [1.82, 2.24) is 0 Å². The van der Waals surface area contributed by atoms with Crippen LogP contribution in [0.1, 0.15) is 16.8 Å². The molecule has 1 saturated heterocycles. The summed E-state index contributed by atoms with van der Waals surface area (Å²) < 4.78 is 10.8. The predicted molar refractivity (Wildman–Crippen MR) is 72.1 cm³/mol. The monoisotopic (exact) mass is 280 g/mol. The van der Waals surface area contributed by atoms with Crippen LogP contribution in [0, 0.1) is 10.1 Å². The summed E-state index contributed by atoms with van der Waals surface area (Å²) in [6.45, 7) is 1.48. The van der Waals surface area contributed by atoms with Crippen LogP contribution in [0.2, 0.25) is 0 Å². The molecule has 0 aromatic heterocycles. The zero-order valence-electron chi connectivity index (χ0n) is 11.1. The van der Waals surface area contributed by atoms with Crippen LogP contribution < -0.4 is 5.32 Å². The molecule has 2 rings (SSSR count). The summed E-state index contributed by atoms with van der Waals surface area (Å²) in [4.78, 5) is 21.2. The minimum absolute atomic E-state index is 0.125. The topological polar surface area (TPSA) is 90.7 Å². The summed E-state index contributed by atoms with van der Waals surface area (Å²) in [5.41, 5.74) is 0.0496. The molecule has 1 N–H and O–H groups in total. The fourth-order valence-corrected chi connectivity index (χ4v) is 2.14. The summed E-state index contributed by atoms with van der Waals surface area (Å²) in [6, 6.07) is 4.31. The normalized spacial score (nSPS) is 21.6. The van der Waals surface area contributed by atoms with Gasteiger partial charge in [-0.15, -0.1) is 0 Å². The lowest BCUT2D eigenvalue weighted by atomic mass is 10.0. The lowest BCUT2D eigenvalue weighted by molar-refractivity contribution is -0.384. The number of hydrogen-bond acceptors (Lipinski definition) is 6. The average Bonchev–Trinajstić information content (AvgIpc) is 2.94. The number of nitrogens with one attached hydrogen (secondary N) is 1. The van der Waals surface area contributed by atoms with Crippen LogP contribution in [0.15, 0.2) is 18.2 Å². The van der Waals surface area contributed by atoms with Gasteiger partial charge in [-0.3, -0.25) is 14.9 Å². The second kappa shape index (κ2) is 5.98. The Morgan fingerprint density at radius 1 is 1.60 bits per heavy atom. The number of benzene rings is 1. The molecule has 0 saturated carbocycles. The highest BCUT2D eigenvalue weighted by Crippen LogP contribution is 2.28. The van der Waals surface area contributed by atoms with Crippen LogP contribution in [-0.2, 0) is 9.47 Å². The first-order chi connectivity index (χ1) is 9.60. The minimum Gasteiger partial charge on any atom is -0.378 e. The van der Waals surface area contributed by atoms with Gasteiger partial charge < -0.3 is 14.8 Å². The van der Waals surface area contributed by atoms with Crippen molar-refractivity contribution < 1.29 is 19.2 Å². The van der Waals surface area contributed by atoms with E-state index in [2.05, 4.69) is 5.32 Å². The van der Waals surface area contributed by atoms with E-state index in [1.807, 2.05) is 0 Å². The van der Waals surface area contributed by atoms with Crippen LogP contribution >= 0.6 is 0 Å². The van der Waals surface area contributed by atoms with Crippen molar-refractivity contribution in [3.8, 4) is 0 Å². The first kappa shape index (κ1) is 14.4. The van der Waals surface area contributed by atoms with E-state index in [1.54, 1.807) is 7.11 Å². The zero-order chi connectivity index (χ0) is 14.6. The molecular weight excluding hydrogens is 264 g/mol. The fourth-order valence-electron chi connectivity index (χ4n) is 2.14. The van der Waals surface area contributed by atoms with Gasteiger partial charge in [0.05, 0.1) is 11.5 Å². The molecule has 1 heterocycles. The number of hydrogen-bond donors (Lipinski definition) is 1. The number of carbonyl (C=O) groups excluding carboxylic acids is 1. The van der Waals surface area contributed by atoms with Gasteiger partial charge in [-0.25, -0.2) is 0 Å². The molecule has 1 fully saturated rings. The Labute approximate surface area is 116 Å². The maximum Gasteiger partial charge on any atom is 0.293 e. The van der Waals surface area contributed by atoms with E-state index in [-0.39, 0.29) is 11.3 Å². The van der Waals surface area contributed by atoms with Crippen molar-refractivity contribution in [3.05, 3.63) is 33.9 Å². The van der Waals surface area contributed by atoms with E-state index < -0.39 is 10.5 Å². The van der Waals surface area contributed by atoms with Gasteiger partial charge in [0.1, 0.15) is 17.6 Å². The van der Waals surface area contributed by atoms with E-state index in [1.165, 1.54) is 18.2 Å². The molecule has 0 radical (unpaired) electrons. The van der Waals surface area contributed by atoms with Gasteiger partial charge in [0.2, 0.25) is 0 Å². The quantitative estimate of drug-likeness (QED) is 0.484.